The van der Waals surface area contributed by atoms with Gasteiger partial charge >= 0.3 is 5.97 Å². The first-order valence-electron chi connectivity index (χ1n) is 5.50. The molecule has 19 heavy (non-hydrogen) atoms. The van der Waals surface area contributed by atoms with Crippen LogP contribution < -0.4 is 4.90 Å². The molecule has 0 amide bonds. The molecule has 1 unspecified atom stereocenters. The number of carbonyl (C=O) groups is 1. The highest BCUT2D eigenvalue weighted by Crippen LogP contribution is 2.27. The highest BCUT2D eigenvalue weighted by Gasteiger charge is 2.20. The molecule has 1 atom stereocenters. The molecule has 0 aliphatic carbocycles. The van der Waals surface area contributed by atoms with Gasteiger partial charge in [-0.25, -0.2) is 4.79 Å². The van der Waals surface area contributed by atoms with Crippen LogP contribution in [0.4, 0.5) is 11.4 Å². The Balaban J connectivity index is 3.28. The quantitative estimate of drug-likeness (QED) is 0.643. The van der Waals surface area contributed by atoms with E-state index in [2.05, 4.69) is 0 Å². The van der Waals surface area contributed by atoms with Gasteiger partial charge in [0.1, 0.15) is 0 Å². The van der Waals surface area contributed by atoms with Crippen LogP contribution in [-0.2, 0) is 0 Å². The van der Waals surface area contributed by atoms with Gasteiger partial charge in [0, 0.05) is 25.2 Å². The number of carboxylic acid groups (broad SMARTS) is 1. The monoisotopic (exact) mass is 263 g/mol. The van der Waals surface area contributed by atoms with Crippen LogP contribution >= 0.6 is 0 Å². The molecule has 0 aliphatic heterocycles. The van der Waals surface area contributed by atoms with Gasteiger partial charge in [-0.15, -0.1) is 0 Å². The summed E-state index contributed by atoms with van der Waals surface area (Å²) in [6.07, 6.45) is 0.193. The molecule has 1 aromatic rings. The van der Waals surface area contributed by atoms with Gasteiger partial charge in [0.25, 0.3) is 5.69 Å². The van der Waals surface area contributed by atoms with E-state index in [1.807, 2.05) is 6.07 Å². The molecule has 7 nitrogen and oxygen atoms in total. The number of benzene rings is 1. The van der Waals surface area contributed by atoms with Gasteiger partial charge in [-0.05, 0) is 13.0 Å². The van der Waals surface area contributed by atoms with Crippen LogP contribution in [-0.4, -0.2) is 29.1 Å². The summed E-state index contributed by atoms with van der Waals surface area (Å²) in [6, 6.07) is 5.29. The summed E-state index contributed by atoms with van der Waals surface area (Å²) < 4.78 is 0. The minimum absolute atomic E-state index is 0.0297. The van der Waals surface area contributed by atoms with E-state index in [0.717, 1.165) is 6.07 Å². The molecular weight excluding hydrogens is 250 g/mol. The molecule has 0 saturated carbocycles. The van der Waals surface area contributed by atoms with Crippen LogP contribution in [0.3, 0.4) is 0 Å². The van der Waals surface area contributed by atoms with Gasteiger partial charge in [-0.2, -0.15) is 5.26 Å². The van der Waals surface area contributed by atoms with Gasteiger partial charge in [0.2, 0.25) is 0 Å². The summed E-state index contributed by atoms with van der Waals surface area (Å²) in [5.74, 6) is -1.17. The maximum Gasteiger partial charge on any atom is 0.337 e. The van der Waals surface area contributed by atoms with E-state index in [4.69, 9.17) is 10.4 Å². The number of nitriles is 1. The Morgan fingerprint density at radius 2 is 2.26 bits per heavy atom. The number of hydrogen-bond acceptors (Lipinski definition) is 5. The van der Waals surface area contributed by atoms with Crippen molar-refractivity contribution < 1.29 is 14.8 Å². The van der Waals surface area contributed by atoms with Crippen molar-refractivity contribution in [1.82, 2.24) is 0 Å². The van der Waals surface area contributed by atoms with Crippen LogP contribution in [0.2, 0.25) is 0 Å². The van der Waals surface area contributed by atoms with E-state index in [1.54, 1.807) is 18.9 Å². The Labute approximate surface area is 109 Å². The van der Waals surface area contributed by atoms with Crippen LogP contribution in [0.5, 0.6) is 0 Å². The van der Waals surface area contributed by atoms with E-state index in [9.17, 15) is 14.9 Å². The van der Waals surface area contributed by atoms with Crippen LogP contribution in [0.25, 0.3) is 0 Å². The molecule has 7 heteroatoms. The second-order valence-electron chi connectivity index (χ2n) is 4.09. The Kier molecular flexibility index (Phi) is 4.42. The van der Waals surface area contributed by atoms with Crippen molar-refractivity contribution in [2.45, 2.75) is 19.4 Å². The molecule has 0 aliphatic rings. The SMILES string of the molecule is CC(CC#N)N(C)c1cc([N+](=O)[O-])ccc1C(=O)O. The lowest BCUT2D eigenvalue weighted by molar-refractivity contribution is -0.384. The largest absolute Gasteiger partial charge is 0.478 e. The van der Waals surface area contributed by atoms with Crippen LogP contribution in [0, 0.1) is 21.4 Å². The minimum atomic E-state index is -1.17. The summed E-state index contributed by atoms with van der Waals surface area (Å²) in [4.78, 5) is 22.8. The van der Waals surface area contributed by atoms with Gasteiger partial charge in [-0.1, -0.05) is 0 Å². The topological polar surface area (TPSA) is 107 Å². The molecule has 0 saturated heterocycles. The van der Waals surface area contributed by atoms with E-state index in [0.29, 0.717) is 0 Å². The standard InChI is InChI=1S/C12H13N3O4/c1-8(5-6-13)14(2)11-7-9(15(18)19)3-4-10(11)12(16)17/h3-4,7-8H,5H2,1-2H3,(H,16,17). The number of aromatic carboxylic acids is 1. The van der Waals surface area contributed by atoms with E-state index >= 15 is 0 Å². The lowest BCUT2D eigenvalue weighted by Crippen LogP contribution is -2.29. The zero-order chi connectivity index (χ0) is 14.6. The summed E-state index contributed by atoms with van der Waals surface area (Å²) >= 11 is 0. The molecular formula is C12H13N3O4. The molecule has 0 fully saturated rings. The zero-order valence-corrected chi connectivity index (χ0v) is 10.5. The van der Waals surface area contributed by atoms with Crippen LogP contribution in [0.1, 0.15) is 23.7 Å². The summed E-state index contributed by atoms with van der Waals surface area (Å²) in [6.45, 7) is 1.74. The van der Waals surface area contributed by atoms with Crippen molar-refractivity contribution in [3.05, 3.63) is 33.9 Å². The van der Waals surface area contributed by atoms with E-state index in [1.165, 1.54) is 12.1 Å². The number of anilines is 1. The number of hydrogen-bond donors (Lipinski definition) is 1. The fraction of sp³-hybridized carbons (Fsp3) is 0.333. The predicted molar refractivity (Wildman–Crippen MR) is 68.2 cm³/mol. The summed E-state index contributed by atoms with van der Waals surface area (Å²) in [7, 11) is 1.60. The number of nitro groups is 1. The smallest absolute Gasteiger partial charge is 0.337 e. The Morgan fingerprint density at radius 1 is 1.63 bits per heavy atom. The Bertz CT molecular complexity index is 550. The van der Waals surface area contributed by atoms with Crippen molar-refractivity contribution in [2.24, 2.45) is 0 Å². The maximum atomic E-state index is 11.1. The fourth-order valence-electron chi connectivity index (χ4n) is 1.61. The van der Waals surface area contributed by atoms with Gasteiger partial charge in [0.15, 0.2) is 0 Å². The first-order valence-corrected chi connectivity index (χ1v) is 5.50. The number of carboxylic acids is 1. The predicted octanol–water partition coefficient (Wildman–Crippen LogP) is 2.03. The van der Waals surface area contributed by atoms with E-state index < -0.39 is 10.9 Å². The first kappa shape index (κ1) is 14.4. The highest BCUT2D eigenvalue weighted by molar-refractivity contribution is 5.95. The molecule has 0 spiro atoms. The molecule has 0 bridgehead atoms. The van der Waals surface area contributed by atoms with Gasteiger partial charge in [0.05, 0.1) is 28.7 Å². The minimum Gasteiger partial charge on any atom is -0.478 e. The number of non-ortho nitro benzene ring substituents is 1. The van der Waals surface area contributed by atoms with Crippen molar-refractivity contribution in [1.29, 1.82) is 5.26 Å². The second-order valence-corrected chi connectivity index (χ2v) is 4.09. The highest BCUT2D eigenvalue weighted by atomic mass is 16.6. The second kappa shape index (κ2) is 5.82. The number of nitro benzene ring substituents is 1. The van der Waals surface area contributed by atoms with Crippen molar-refractivity contribution in [2.75, 3.05) is 11.9 Å². The summed E-state index contributed by atoms with van der Waals surface area (Å²) in [5, 5.41) is 28.5. The van der Waals surface area contributed by atoms with Crippen LogP contribution in [0.15, 0.2) is 18.2 Å². The zero-order valence-electron chi connectivity index (χ0n) is 10.5. The van der Waals surface area contributed by atoms with Gasteiger partial charge < -0.3 is 10.0 Å². The van der Waals surface area contributed by atoms with Gasteiger partial charge in [-0.3, -0.25) is 10.1 Å². The normalized spacial score (nSPS) is 11.4. The first-order chi connectivity index (χ1) is 8.88. The Morgan fingerprint density at radius 3 is 2.74 bits per heavy atom. The maximum absolute atomic E-state index is 11.1. The number of rotatable bonds is 5. The van der Waals surface area contributed by atoms with Crippen molar-refractivity contribution in [3.8, 4) is 6.07 Å². The third kappa shape index (κ3) is 3.19. The molecule has 1 N–H and O–H groups in total. The third-order valence-electron chi connectivity index (χ3n) is 2.85. The molecule has 100 valence electrons. The molecule has 0 heterocycles. The summed E-state index contributed by atoms with van der Waals surface area (Å²) in [5.41, 5.74) is 0.0124. The van der Waals surface area contributed by atoms with Crippen molar-refractivity contribution in [3.63, 3.8) is 0 Å². The molecule has 0 aromatic heterocycles. The molecule has 1 aromatic carbocycles. The van der Waals surface area contributed by atoms with E-state index in [-0.39, 0.29) is 29.4 Å². The molecule has 1 rings (SSSR count). The fourth-order valence-corrected chi connectivity index (χ4v) is 1.61. The Hall–Kier alpha value is -2.62. The van der Waals surface area contributed by atoms with Crippen molar-refractivity contribution >= 4 is 17.3 Å². The average molecular weight is 263 g/mol. The third-order valence-corrected chi connectivity index (χ3v) is 2.85. The average Bonchev–Trinajstić information content (AvgIpc) is 2.37. The lowest BCUT2D eigenvalue weighted by atomic mass is 10.1. The number of nitrogens with zero attached hydrogens (tertiary/aromatic N) is 3. The molecule has 0 radical (unpaired) electrons. The lowest BCUT2D eigenvalue weighted by Gasteiger charge is -2.26.